The van der Waals surface area contributed by atoms with Crippen LogP contribution in [0.1, 0.15) is 50.7 Å². The van der Waals surface area contributed by atoms with E-state index in [1.807, 2.05) is 19.1 Å². The van der Waals surface area contributed by atoms with Gasteiger partial charge in [-0.15, -0.1) is 0 Å². The normalized spacial score (nSPS) is 12.8. The van der Waals surface area contributed by atoms with E-state index in [-0.39, 0.29) is 11.8 Å². The second-order valence-electron chi connectivity index (χ2n) is 4.98. The van der Waals surface area contributed by atoms with E-state index in [0.29, 0.717) is 18.8 Å². The Bertz CT molecular complexity index is 354. The van der Waals surface area contributed by atoms with Crippen molar-refractivity contribution in [2.75, 3.05) is 0 Å². The van der Waals surface area contributed by atoms with Crippen LogP contribution in [0.3, 0.4) is 0 Å². The average Bonchev–Trinajstić information content (AvgIpc) is 2.29. The van der Waals surface area contributed by atoms with Gasteiger partial charge in [0, 0.05) is 18.9 Å². The van der Waals surface area contributed by atoms with Crippen molar-refractivity contribution in [1.29, 1.82) is 0 Å². The summed E-state index contributed by atoms with van der Waals surface area (Å²) in [6.07, 6.45) is 1.85. The fourth-order valence-electron chi connectivity index (χ4n) is 1.76. The summed E-state index contributed by atoms with van der Waals surface area (Å²) in [5, 5.41) is 0. The van der Waals surface area contributed by atoms with Gasteiger partial charge in [-0.3, -0.25) is 4.79 Å². The zero-order chi connectivity index (χ0) is 12.8. The number of ketones is 1. The highest BCUT2D eigenvalue weighted by atomic mass is 16.1. The minimum Gasteiger partial charge on any atom is -0.327 e. The van der Waals surface area contributed by atoms with Crippen molar-refractivity contribution in [3.63, 3.8) is 0 Å². The highest BCUT2D eigenvalue weighted by molar-refractivity contribution is 5.81. The van der Waals surface area contributed by atoms with E-state index in [1.54, 1.807) is 0 Å². The van der Waals surface area contributed by atoms with E-state index in [1.165, 1.54) is 5.56 Å². The summed E-state index contributed by atoms with van der Waals surface area (Å²) >= 11 is 0. The van der Waals surface area contributed by atoms with Gasteiger partial charge in [0.2, 0.25) is 0 Å². The molecule has 94 valence electrons. The molecule has 1 rings (SSSR count). The molecule has 17 heavy (non-hydrogen) atoms. The molecular weight excluding hydrogens is 210 g/mol. The number of rotatable bonds is 6. The number of carbonyl (C=O) groups is 1. The largest absolute Gasteiger partial charge is 0.327 e. The summed E-state index contributed by atoms with van der Waals surface area (Å²) in [6, 6.07) is 8.31. The first-order valence-electron chi connectivity index (χ1n) is 6.39. The molecule has 0 amide bonds. The van der Waals surface area contributed by atoms with Gasteiger partial charge in [-0.05, 0) is 23.5 Å². The molecule has 0 saturated carbocycles. The SMILES string of the molecule is CCC(N)CC(=O)Cc1ccc(C(C)C)cc1. The van der Waals surface area contributed by atoms with Gasteiger partial charge in [0.1, 0.15) is 5.78 Å². The van der Waals surface area contributed by atoms with Gasteiger partial charge in [-0.1, -0.05) is 45.0 Å². The van der Waals surface area contributed by atoms with Crippen LogP contribution in [0.4, 0.5) is 0 Å². The molecule has 0 spiro atoms. The average molecular weight is 233 g/mol. The van der Waals surface area contributed by atoms with E-state index < -0.39 is 0 Å². The maximum atomic E-state index is 11.7. The van der Waals surface area contributed by atoms with Crippen LogP contribution in [0.2, 0.25) is 0 Å². The zero-order valence-corrected chi connectivity index (χ0v) is 11.1. The highest BCUT2D eigenvalue weighted by Gasteiger charge is 2.08. The molecule has 0 saturated heterocycles. The van der Waals surface area contributed by atoms with Gasteiger partial charge in [0.15, 0.2) is 0 Å². The third kappa shape index (κ3) is 4.70. The van der Waals surface area contributed by atoms with Crippen LogP contribution in [0.25, 0.3) is 0 Å². The molecule has 2 nitrogen and oxygen atoms in total. The monoisotopic (exact) mass is 233 g/mol. The predicted octanol–water partition coefficient (Wildman–Crippen LogP) is 3.05. The third-order valence-corrected chi connectivity index (χ3v) is 3.06. The van der Waals surface area contributed by atoms with Crippen molar-refractivity contribution < 1.29 is 4.79 Å². The lowest BCUT2D eigenvalue weighted by Crippen LogP contribution is -2.23. The lowest BCUT2D eigenvalue weighted by atomic mass is 9.98. The van der Waals surface area contributed by atoms with Gasteiger partial charge in [0.25, 0.3) is 0 Å². The molecule has 0 aliphatic carbocycles. The molecule has 0 aliphatic heterocycles. The zero-order valence-electron chi connectivity index (χ0n) is 11.1. The van der Waals surface area contributed by atoms with Crippen LogP contribution in [0, 0.1) is 0 Å². The molecule has 1 unspecified atom stereocenters. The van der Waals surface area contributed by atoms with Crippen LogP contribution < -0.4 is 5.73 Å². The van der Waals surface area contributed by atoms with Crippen LogP contribution >= 0.6 is 0 Å². The Kier molecular flexibility index (Phi) is 5.36. The number of hydrogen-bond donors (Lipinski definition) is 1. The lowest BCUT2D eigenvalue weighted by Gasteiger charge is -2.09. The van der Waals surface area contributed by atoms with Crippen molar-refractivity contribution in [3.8, 4) is 0 Å². The van der Waals surface area contributed by atoms with Crippen LogP contribution in [-0.4, -0.2) is 11.8 Å². The third-order valence-electron chi connectivity index (χ3n) is 3.06. The Morgan fingerprint density at radius 3 is 2.29 bits per heavy atom. The summed E-state index contributed by atoms with van der Waals surface area (Å²) in [5.74, 6) is 0.768. The first-order chi connectivity index (χ1) is 8.02. The van der Waals surface area contributed by atoms with Gasteiger partial charge in [0.05, 0.1) is 0 Å². The fraction of sp³-hybridized carbons (Fsp3) is 0.533. The van der Waals surface area contributed by atoms with Crippen molar-refractivity contribution in [2.24, 2.45) is 5.73 Å². The number of nitrogens with two attached hydrogens (primary N) is 1. The second kappa shape index (κ2) is 6.55. The van der Waals surface area contributed by atoms with Crippen molar-refractivity contribution in [3.05, 3.63) is 35.4 Å². The minimum absolute atomic E-state index is 0.0115. The Balaban J connectivity index is 2.54. The van der Waals surface area contributed by atoms with Gasteiger partial charge in [-0.25, -0.2) is 0 Å². The van der Waals surface area contributed by atoms with Crippen LogP contribution in [0.15, 0.2) is 24.3 Å². The highest BCUT2D eigenvalue weighted by Crippen LogP contribution is 2.15. The van der Waals surface area contributed by atoms with Crippen molar-refractivity contribution >= 4 is 5.78 Å². The molecule has 1 aromatic carbocycles. The Morgan fingerprint density at radius 1 is 1.24 bits per heavy atom. The summed E-state index contributed by atoms with van der Waals surface area (Å²) < 4.78 is 0. The lowest BCUT2D eigenvalue weighted by molar-refractivity contribution is -0.118. The quantitative estimate of drug-likeness (QED) is 0.820. The van der Waals surface area contributed by atoms with Crippen molar-refractivity contribution in [1.82, 2.24) is 0 Å². The predicted molar refractivity (Wildman–Crippen MR) is 72.1 cm³/mol. The number of carbonyl (C=O) groups excluding carboxylic acids is 1. The van der Waals surface area contributed by atoms with E-state index in [2.05, 4.69) is 26.0 Å². The minimum atomic E-state index is 0.0115. The Labute approximate surface area is 104 Å². The maximum absolute atomic E-state index is 11.7. The summed E-state index contributed by atoms with van der Waals surface area (Å²) in [6.45, 7) is 6.34. The topological polar surface area (TPSA) is 43.1 Å². The first kappa shape index (κ1) is 13.9. The van der Waals surface area contributed by atoms with Gasteiger partial charge in [-0.2, -0.15) is 0 Å². The van der Waals surface area contributed by atoms with Crippen molar-refractivity contribution in [2.45, 2.75) is 52.0 Å². The molecule has 0 bridgehead atoms. The standard InChI is InChI=1S/C15H23NO/c1-4-14(16)10-15(17)9-12-5-7-13(8-6-12)11(2)3/h5-8,11,14H,4,9-10,16H2,1-3H3. The second-order valence-corrected chi connectivity index (χ2v) is 4.98. The van der Waals surface area contributed by atoms with E-state index in [0.717, 1.165) is 12.0 Å². The molecular formula is C15H23NO. The Morgan fingerprint density at radius 2 is 1.82 bits per heavy atom. The first-order valence-corrected chi connectivity index (χ1v) is 6.39. The molecule has 0 fully saturated rings. The van der Waals surface area contributed by atoms with Gasteiger partial charge >= 0.3 is 0 Å². The molecule has 2 N–H and O–H groups in total. The molecule has 1 aromatic rings. The smallest absolute Gasteiger partial charge is 0.138 e. The number of benzene rings is 1. The maximum Gasteiger partial charge on any atom is 0.138 e. The molecule has 0 heterocycles. The van der Waals surface area contributed by atoms with E-state index in [9.17, 15) is 4.79 Å². The molecule has 0 radical (unpaired) electrons. The summed E-state index contributed by atoms with van der Waals surface area (Å²) in [7, 11) is 0. The van der Waals surface area contributed by atoms with Crippen LogP contribution in [-0.2, 0) is 11.2 Å². The Hall–Kier alpha value is -1.15. The van der Waals surface area contributed by atoms with E-state index in [4.69, 9.17) is 5.73 Å². The fourth-order valence-corrected chi connectivity index (χ4v) is 1.76. The number of hydrogen-bond acceptors (Lipinski definition) is 2. The molecule has 1 atom stereocenters. The molecule has 0 aliphatic rings. The molecule has 0 aromatic heterocycles. The summed E-state index contributed by atoms with van der Waals surface area (Å²) in [5.41, 5.74) is 8.17. The van der Waals surface area contributed by atoms with Crippen LogP contribution in [0.5, 0.6) is 0 Å². The van der Waals surface area contributed by atoms with E-state index >= 15 is 0 Å². The molecule has 2 heteroatoms. The van der Waals surface area contributed by atoms with Gasteiger partial charge < -0.3 is 5.73 Å². The number of Topliss-reactive ketones (excluding diaryl/α,β-unsaturated/α-hetero) is 1. The summed E-state index contributed by atoms with van der Waals surface area (Å²) in [4.78, 5) is 11.7.